The van der Waals surface area contributed by atoms with Crippen LogP contribution in [-0.4, -0.2) is 72.9 Å². The summed E-state index contributed by atoms with van der Waals surface area (Å²) in [7, 11) is 1.31. The first-order valence-electron chi connectivity index (χ1n) is 21.0. The lowest BCUT2D eigenvalue weighted by atomic mass is 9.91. The maximum atomic E-state index is 14.2. The molecule has 7 atom stereocenters. The lowest BCUT2D eigenvalue weighted by Crippen LogP contribution is -2.50. The number of aryl methyl sites for hydroxylation is 2. The lowest BCUT2D eigenvalue weighted by molar-refractivity contribution is -0.134. The third-order valence-electron chi connectivity index (χ3n) is 13.3. The first-order valence-corrected chi connectivity index (χ1v) is 21.0. The number of allylic oxidation sites excluding steroid dienone is 2. The number of hydrogen-bond donors (Lipinski definition) is 3. The van der Waals surface area contributed by atoms with E-state index < -0.39 is 12.1 Å². The van der Waals surface area contributed by atoms with Gasteiger partial charge in [-0.25, -0.2) is 14.8 Å². The highest BCUT2D eigenvalue weighted by atomic mass is 16.5. The molecule has 11 rings (SSSR count). The average Bonchev–Trinajstić information content (AvgIpc) is 3.92. The molecule has 2 aromatic heterocycles. The third-order valence-corrected chi connectivity index (χ3v) is 13.3. The van der Waals surface area contributed by atoms with Crippen LogP contribution in [0, 0.1) is 23.7 Å². The second-order valence-corrected chi connectivity index (χ2v) is 17.0. The molecule has 3 amide bonds. The molecule has 11 nitrogen and oxygen atoms in total. The summed E-state index contributed by atoms with van der Waals surface area (Å²) < 4.78 is 4.90. The molecule has 4 heterocycles. The summed E-state index contributed by atoms with van der Waals surface area (Å²) in [6.07, 6.45) is 13.1. The molecule has 0 spiro atoms. The number of fused-ring (bicyclic) bond motifs is 6. The molecule has 3 N–H and O–H groups in total. The van der Waals surface area contributed by atoms with E-state index in [0.29, 0.717) is 24.3 Å². The SMILES string of the molecule is COC(=O)N[C@@H](C(=O)N1[C@@H]2CC2C[C@H]1c1nc2ccc(C#Cc3ccc4c(c3)CCc3[nH]c([C@@H]5C[C@H]6C[C@H]6N5C(=O)Cc5ccccc5)nc3-4)cc2[nH]1)C1=CCCC=C1. The van der Waals surface area contributed by atoms with Crippen LogP contribution in [0.5, 0.6) is 0 Å². The second kappa shape index (κ2) is 14.2. The number of hydrogen-bond acceptors (Lipinski definition) is 6. The van der Waals surface area contributed by atoms with Crippen LogP contribution in [0.15, 0.2) is 90.5 Å². The molecule has 2 aliphatic heterocycles. The standard InChI is InChI=1S/C48H45N7O4/c1-59-48(58)53-43(30-10-6-3-7-11-30)47(57)55-39-24-33(39)26-41(55)45-49-35-18-15-29(21-37(35)51-45)13-12-28-14-17-34-31(20-28)16-19-36-44(34)52-46(50-36)40-25-32-23-38(32)54(40)42(56)22-27-8-4-2-5-9-27/h2,4-6,8-11,14-15,17-18,20-21,32-33,38-41,43H,3,7,16,19,22-26H2,1H3,(H,49,51)(H,50,52)(H,53,58)/t32-,33?,38-,39-,40+,41+,43-/m1/s1. The monoisotopic (exact) mass is 783 g/mol. The Labute approximate surface area is 342 Å². The van der Waals surface area contributed by atoms with Crippen molar-refractivity contribution >= 4 is 28.9 Å². The van der Waals surface area contributed by atoms with Crippen molar-refractivity contribution in [2.45, 2.75) is 88.0 Å². The number of nitrogens with zero attached hydrogens (tertiary/aromatic N) is 4. The number of carbonyl (C=O) groups excluding carboxylic acids is 3. The highest BCUT2D eigenvalue weighted by Crippen LogP contribution is 2.55. The van der Waals surface area contributed by atoms with Crippen LogP contribution < -0.4 is 5.32 Å². The fourth-order valence-corrected chi connectivity index (χ4v) is 10.2. The van der Waals surface area contributed by atoms with Crippen LogP contribution in [0.2, 0.25) is 0 Å². The fraction of sp³-hybridized carbons (Fsp3) is 0.354. The van der Waals surface area contributed by atoms with Crippen molar-refractivity contribution in [1.82, 2.24) is 35.1 Å². The van der Waals surface area contributed by atoms with Gasteiger partial charge in [0.1, 0.15) is 17.7 Å². The number of rotatable bonds is 7. The zero-order chi connectivity index (χ0) is 39.8. The lowest BCUT2D eigenvalue weighted by Gasteiger charge is -2.31. The van der Waals surface area contributed by atoms with E-state index in [9.17, 15) is 14.4 Å². The summed E-state index contributed by atoms with van der Waals surface area (Å²) in [5, 5.41) is 2.80. The first kappa shape index (κ1) is 35.7. The Bertz CT molecular complexity index is 2660. The number of amides is 3. The number of likely N-dealkylation sites (tertiary alicyclic amines) is 2. The van der Waals surface area contributed by atoms with Crippen molar-refractivity contribution in [3.63, 3.8) is 0 Å². The minimum atomic E-state index is -0.815. The van der Waals surface area contributed by atoms with Gasteiger partial charge in [-0.05, 0) is 110 Å². The summed E-state index contributed by atoms with van der Waals surface area (Å²) >= 11 is 0. The number of aromatic nitrogens is 4. The van der Waals surface area contributed by atoms with E-state index in [-0.39, 0.29) is 29.9 Å². The van der Waals surface area contributed by atoms with Gasteiger partial charge in [0.05, 0.1) is 42.3 Å². The van der Waals surface area contributed by atoms with Crippen molar-refractivity contribution in [3.05, 3.63) is 130 Å². The number of benzene rings is 3. The van der Waals surface area contributed by atoms with Gasteiger partial charge >= 0.3 is 6.09 Å². The van der Waals surface area contributed by atoms with E-state index in [2.05, 4.69) is 50.2 Å². The molecule has 5 aromatic rings. The zero-order valence-corrected chi connectivity index (χ0v) is 32.9. The number of imidazole rings is 2. The van der Waals surface area contributed by atoms with E-state index in [1.165, 1.54) is 12.7 Å². The molecule has 0 bridgehead atoms. The smallest absolute Gasteiger partial charge is 0.407 e. The van der Waals surface area contributed by atoms with Gasteiger partial charge in [-0.2, -0.15) is 0 Å². The number of ether oxygens (including phenoxy) is 1. The number of alkyl carbamates (subject to hydrolysis) is 1. The topological polar surface area (TPSA) is 136 Å². The molecular weight excluding hydrogens is 739 g/mol. The number of piperidine rings is 2. The van der Waals surface area contributed by atoms with Gasteiger partial charge in [0.2, 0.25) is 5.91 Å². The Morgan fingerprint density at radius 3 is 2.37 bits per heavy atom. The molecule has 3 aromatic carbocycles. The first-order chi connectivity index (χ1) is 28.9. The molecule has 11 heteroatoms. The normalized spacial score (nSPS) is 24.9. The van der Waals surface area contributed by atoms with E-state index >= 15 is 0 Å². The molecule has 59 heavy (non-hydrogen) atoms. The Balaban J connectivity index is 0.805. The van der Waals surface area contributed by atoms with Gasteiger partial charge in [-0.15, -0.1) is 0 Å². The molecule has 4 aliphatic carbocycles. The average molecular weight is 784 g/mol. The van der Waals surface area contributed by atoms with Gasteiger partial charge < -0.3 is 29.8 Å². The van der Waals surface area contributed by atoms with E-state index in [0.717, 1.165) is 113 Å². The predicted molar refractivity (Wildman–Crippen MR) is 222 cm³/mol. The fourth-order valence-electron chi connectivity index (χ4n) is 10.2. The summed E-state index contributed by atoms with van der Waals surface area (Å²) in [5.41, 5.74) is 9.85. The van der Waals surface area contributed by atoms with Gasteiger partial charge in [-0.3, -0.25) is 9.59 Å². The van der Waals surface area contributed by atoms with Crippen molar-refractivity contribution in [2.24, 2.45) is 11.8 Å². The summed E-state index contributed by atoms with van der Waals surface area (Å²) in [5.74, 6) is 9.48. The number of nitrogens with one attached hydrogen (secondary N) is 3. The quantitative estimate of drug-likeness (QED) is 0.152. The Morgan fingerprint density at radius 1 is 0.847 bits per heavy atom. The van der Waals surface area contributed by atoms with Gasteiger partial charge in [0, 0.05) is 34.5 Å². The Morgan fingerprint density at radius 2 is 1.59 bits per heavy atom. The summed E-state index contributed by atoms with van der Waals surface area (Å²) in [6.45, 7) is 0. The van der Waals surface area contributed by atoms with Crippen LogP contribution in [0.3, 0.4) is 0 Å². The summed E-state index contributed by atoms with van der Waals surface area (Å²) in [6, 6.07) is 21.9. The highest BCUT2D eigenvalue weighted by molar-refractivity contribution is 5.90. The largest absolute Gasteiger partial charge is 0.453 e. The minimum absolute atomic E-state index is 0.00730. The maximum absolute atomic E-state index is 14.2. The number of H-pyrrole nitrogens is 2. The summed E-state index contributed by atoms with van der Waals surface area (Å²) in [4.78, 5) is 61.5. The molecule has 2 saturated carbocycles. The van der Waals surface area contributed by atoms with E-state index in [4.69, 9.17) is 14.7 Å². The van der Waals surface area contributed by atoms with Crippen LogP contribution in [0.25, 0.3) is 22.3 Å². The number of methoxy groups -OCH3 is 1. The highest BCUT2D eigenvalue weighted by Gasteiger charge is 2.57. The Kier molecular flexibility index (Phi) is 8.57. The van der Waals surface area contributed by atoms with E-state index in [1.807, 2.05) is 71.7 Å². The van der Waals surface area contributed by atoms with Crippen LogP contribution in [-0.2, 0) is 33.6 Å². The second-order valence-electron chi connectivity index (χ2n) is 17.0. The zero-order valence-electron chi connectivity index (χ0n) is 32.9. The molecule has 2 saturated heterocycles. The van der Waals surface area contributed by atoms with Gasteiger partial charge in [0.15, 0.2) is 0 Å². The molecule has 4 fully saturated rings. The van der Waals surface area contributed by atoms with Gasteiger partial charge in [0.25, 0.3) is 5.91 Å². The molecule has 0 radical (unpaired) electrons. The third kappa shape index (κ3) is 6.51. The number of carbonyl (C=O) groups is 3. The molecule has 296 valence electrons. The predicted octanol–water partition coefficient (Wildman–Crippen LogP) is 7.02. The molecule has 1 unspecified atom stereocenters. The minimum Gasteiger partial charge on any atom is -0.453 e. The number of aromatic amines is 2. The molecule has 6 aliphatic rings. The van der Waals surface area contributed by atoms with Gasteiger partial charge in [-0.1, -0.05) is 66.5 Å². The molecular formula is C48H45N7O4. The van der Waals surface area contributed by atoms with Crippen molar-refractivity contribution < 1.29 is 19.1 Å². The van der Waals surface area contributed by atoms with Crippen LogP contribution >= 0.6 is 0 Å². The van der Waals surface area contributed by atoms with Crippen molar-refractivity contribution in [1.29, 1.82) is 0 Å². The van der Waals surface area contributed by atoms with Crippen molar-refractivity contribution in [2.75, 3.05) is 7.11 Å². The van der Waals surface area contributed by atoms with Crippen molar-refractivity contribution in [3.8, 4) is 23.1 Å². The maximum Gasteiger partial charge on any atom is 0.407 e. The Hall–Kier alpha value is -6.41. The van der Waals surface area contributed by atoms with Crippen LogP contribution in [0.1, 0.15) is 90.2 Å². The van der Waals surface area contributed by atoms with E-state index in [1.54, 1.807) is 0 Å². The van der Waals surface area contributed by atoms with Crippen LogP contribution in [0.4, 0.5) is 4.79 Å².